The fourth-order valence-corrected chi connectivity index (χ4v) is 2.75. The quantitative estimate of drug-likeness (QED) is 0.914. The lowest BCUT2D eigenvalue weighted by atomic mass is 9.88. The van der Waals surface area contributed by atoms with Crippen LogP contribution in [0.25, 0.3) is 0 Å². The molecule has 1 aromatic heterocycles. The Balaban J connectivity index is 2.38. The predicted molar refractivity (Wildman–Crippen MR) is 75.5 cm³/mol. The van der Waals surface area contributed by atoms with Crippen molar-refractivity contribution in [3.8, 4) is 6.07 Å². The number of hydrogen-bond donors (Lipinski definition) is 1. The lowest BCUT2D eigenvalue weighted by Crippen LogP contribution is -2.48. The van der Waals surface area contributed by atoms with E-state index >= 15 is 0 Å². The first kappa shape index (κ1) is 14.3. The Hall–Kier alpha value is -2.09. The van der Waals surface area contributed by atoms with Crippen molar-refractivity contribution in [2.75, 3.05) is 11.4 Å². The Morgan fingerprint density at radius 3 is 2.95 bits per heavy atom. The largest absolute Gasteiger partial charge is 0.480 e. The van der Waals surface area contributed by atoms with Gasteiger partial charge in [-0.1, -0.05) is 13.3 Å². The summed E-state index contributed by atoms with van der Waals surface area (Å²) in [5, 5.41) is 18.7. The number of aryl methyl sites for hydroxylation is 1. The third kappa shape index (κ3) is 2.74. The SMILES string of the molecule is CCC1CCN(c2nc(C)ccc2C#N)C(C(=O)O)C1. The van der Waals surface area contributed by atoms with Crippen LogP contribution in [0.1, 0.15) is 37.4 Å². The highest BCUT2D eigenvalue weighted by Crippen LogP contribution is 2.30. The molecule has 1 N–H and O–H groups in total. The average molecular weight is 273 g/mol. The molecule has 2 unspecified atom stereocenters. The molecule has 1 aliphatic heterocycles. The van der Waals surface area contributed by atoms with E-state index in [1.165, 1.54) is 0 Å². The van der Waals surface area contributed by atoms with E-state index in [0.717, 1.165) is 18.5 Å². The predicted octanol–water partition coefficient (Wildman–Crippen LogP) is 2.34. The van der Waals surface area contributed by atoms with E-state index in [2.05, 4.69) is 18.0 Å². The average Bonchev–Trinajstić information content (AvgIpc) is 2.46. The number of nitriles is 1. The second kappa shape index (κ2) is 5.91. The minimum Gasteiger partial charge on any atom is -0.480 e. The molecular weight excluding hydrogens is 254 g/mol. The first-order valence-electron chi connectivity index (χ1n) is 6.94. The molecule has 1 fully saturated rings. The van der Waals surface area contributed by atoms with Crippen LogP contribution in [0.2, 0.25) is 0 Å². The van der Waals surface area contributed by atoms with Gasteiger partial charge in [-0.25, -0.2) is 9.78 Å². The van der Waals surface area contributed by atoms with Gasteiger partial charge in [-0.3, -0.25) is 0 Å². The number of aromatic nitrogens is 1. The number of nitrogens with zero attached hydrogens (tertiary/aromatic N) is 3. The van der Waals surface area contributed by atoms with Gasteiger partial charge >= 0.3 is 5.97 Å². The first-order chi connectivity index (χ1) is 9.56. The number of carboxylic acids is 1. The minimum absolute atomic E-state index is 0.433. The zero-order valence-electron chi connectivity index (χ0n) is 11.8. The van der Waals surface area contributed by atoms with E-state index in [4.69, 9.17) is 0 Å². The van der Waals surface area contributed by atoms with Crippen LogP contribution in [0, 0.1) is 24.2 Å². The molecule has 1 aromatic rings. The number of anilines is 1. The molecule has 1 aliphatic rings. The van der Waals surface area contributed by atoms with Crippen molar-refractivity contribution in [3.63, 3.8) is 0 Å². The van der Waals surface area contributed by atoms with E-state index in [1.807, 2.05) is 6.92 Å². The van der Waals surface area contributed by atoms with Crippen LogP contribution < -0.4 is 4.90 Å². The molecule has 0 radical (unpaired) electrons. The topological polar surface area (TPSA) is 77.2 Å². The van der Waals surface area contributed by atoms with Gasteiger partial charge in [0.15, 0.2) is 0 Å². The van der Waals surface area contributed by atoms with Crippen molar-refractivity contribution in [1.29, 1.82) is 5.26 Å². The lowest BCUT2D eigenvalue weighted by molar-refractivity contribution is -0.139. The number of rotatable bonds is 3. The van der Waals surface area contributed by atoms with Gasteiger partial charge in [-0.2, -0.15) is 5.26 Å². The highest BCUT2D eigenvalue weighted by atomic mass is 16.4. The number of aliphatic carboxylic acids is 1. The summed E-state index contributed by atoms with van der Waals surface area (Å²) in [6.07, 6.45) is 2.55. The summed E-state index contributed by atoms with van der Waals surface area (Å²) in [6, 6.07) is 5.01. The Bertz CT molecular complexity index is 551. The van der Waals surface area contributed by atoms with Crippen molar-refractivity contribution in [2.45, 2.75) is 39.2 Å². The van der Waals surface area contributed by atoms with E-state index < -0.39 is 12.0 Å². The van der Waals surface area contributed by atoms with Crippen LogP contribution >= 0.6 is 0 Å². The normalized spacial score (nSPS) is 22.4. The zero-order valence-corrected chi connectivity index (χ0v) is 11.8. The summed E-state index contributed by atoms with van der Waals surface area (Å²) in [7, 11) is 0. The second-order valence-corrected chi connectivity index (χ2v) is 5.28. The molecule has 106 valence electrons. The van der Waals surface area contributed by atoms with Gasteiger partial charge in [0.05, 0.1) is 5.56 Å². The summed E-state index contributed by atoms with van der Waals surface area (Å²) in [4.78, 5) is 17.7. The van der Waals surface area contributed by atoms with E-state index in [1.54, 1.807) is 17.0 Å². The van der Waals surface area contributed by atoms with Gasteiger partial charge in [0.1, 0.15) is 17.9 Å². The lowest BCUT2D eigenvalue weighted by Gasteiger charge is -2.38. The molecule has 5 heteroatoms. The molecule has 0 aromatic carbocycles. The highest BCUT2D eigenvalue weighted by molar-refractivity contribution is 5.79. The van der Waals surface area contributed by atoms with Gasteiger partial charge in [-0.05, 0) is 37.8 Å². The van der Waals surface area contributed by atoms with Crippen LogP contribution in [-0.2, 0) is 4.79 Å². The third-order valence-corrected chi connectivity index (χ3v) is 3.98. The van der Waals surface area contributed by atoms with Crippen LogP contribution in [-0.4, -0.2) is 28.6 Å². The van der Waals surface area contributed by atoms with Crippen LogP contribution in [0.5, 0.6) is 0 Å². The molecule has 2 rings (SSSR count). The van der Waals surface area contributed by atoms with Gasteiger partial charge in [0.25, 0.3) is 0 Å². The fourth-order valence-electron chi connectivity index (χ4n) is 2.75. The van der Waals surface area contributed by atoms with Gasteiger partial charge in [0.2, 0.25) is 0 Å². The van der Waals surface area contributed by atoms with Crippen molar-refractivity contribution >= 4 is 11.8 Å². The molecule has 2 heterocycles. The van der Waals surface area contributed by atoms with Crippen molar-refractivity contribution in [1.82, 2.24) is 4.98 Å². The minimum atomic E-state index is -0.838. The summed E-state index contributed by atoms with van der Waals surface area (Å²) < 4.78 is 0. The van der Waals surface area contributed by atoms with E-state index in [-0.39, 0.29) is 0 Å². The summed E-state index contributed by atoms with van der Waals surface area (Å²) in [6.45, 7) is 4.57. The Labute approximate surface area is 118 Å². The smallest absolute Gasteiger partial charge is 0.326 e. The molecule has 0 bridgehead atoms. The molecule has 2 atom stereocenters. The Morgan fingerprint density at radius 1 is 1.60 bits per heavy atom. The van der Waals surface area contributed by atoms with Crippen LogP contribution in [0.3, 0.4) is 0 Å². The monoisotopic (exact) mass is 273 g/mol. The van der Waals surface area contributed by atoms with Crippen molar-refractivity contribution < 1.29 is 9.90 Å². The standard InChI is InChI=1S/C15H19N3O2/c1-3-11-6-7-18(13(8-11)15(19)20)14-12(9-16)5-4-10(2)17-14/h4-5,11,13H,3,6-8H2,1-2H3,(H,19,20). The maximum atomic E-state index is 11.5. The summed E-state index contributed by atoms with van der Waals surface area (Å²) >= 11 is 0. The molecule has 0 saturated carbocycles. The maximum absolute atomic E-state index is 11.5. The number of pyridine rings is 1. The summed E-state index contributed by atoms with van der Waals surface area (Å²) in [5.41, 5.74) is 1.23. The summed E-state index contributed by atoms with van der Waals surface area (Å²) in [5.74, 6) is 0.104. The molecule has 0 spiro atoms. The Kier molecular flexibility index (Phi) is 4.23. The Morgan fingerprint density at radius 2 is 2.35 bits per heavy atom. The molecule has 5 nitrogen and oxygen atoms in total. The highest BCUT2D eigenvalue weighted by Gasteiger charge is 2.34. The molecule has 0 amide bonds. The third-order valence-electron chi connectivity index (χ3n) is 3.98. The second-order valence-electron chi connectivity index (χ2n) is 5.28. The van der Waals surface area contributed by atoms with Gasteiger partial charge in [0, 0.05) is 12.2 Å². The van der Waals surface area contributed by atoms with E-state index in [0.29, 0.717) is 30.3 Å². The van der Waals surface area contributed by atoms with Crippen molar-refractivity contribution in [3.05, 3.63) is 23.4 Å². The maximum Gasteiger partial charge on any atom is 0.326 e. The van der Waals surface area contributed by atoms with Crippen LogP contribution in [0.15, 0.2) is 12.1 Å². The number of carboxylic acid groups (broad SMARTS) is 1. The molecule has 20 heavy (non-hydrogen) atoms. The van der Waals surface area contributed by atoms with Gasteiger partial charge in [-0.15, -0.1) is 0 Å². The van der Waals surface area contributed by atoms with E-state index in [9.17, 15) is 15.2 Å². The van der Waals surface area contributed by atoms with Crippen LogP contribution in [0.4, 0.5) is 5.82 Å². The molecule has 0 aliphatic carbocycles. The zero-order chi connectivity index (χ0) is 14.7. The molecule has 1 saturated heterocycles. The van der Waals surface area contributed by atoms with Gasteiger partial charge < -0.3 is 10.0 Å². The number of hydrogen-bond acceptors (Lipinski definition) is 4. The van der Waals surface area contributed by atoms with Crippen molar-refractivity contribution in [2.24, 2.45) is 5.92 Å². The number of piperidine rings is 1. The molecular formula is C15H19N3O2. The number of carbonyl (C=O) groups is 1. The first-order valence-corrected chi connectivity index (χ1v) is 6.94. The fraction of sp³-hybridized carbons (Fsp3) is 0.533.